The van der Waals surface area contributed by atoms with E-state index in [0.29, 0.717) is 15.1 Å². The van der Waals surface area contributed by atoms with Gasteiger partial charge in [0.2, 0.25) is 0 Å². The molecule has 0 bridgehead atoms. The Balaban J connectivity index is 2.29. The highest BCUT2D eigenvalue weighted by molar-refractivity contribution is 14.1. The first-order valence-corrected chi connectivity index (χ1v) is 7.88. The molecule has 2 rings (SSSR count). The van der Waals surface area contributed by atoms with Gasteiger partial charge in [0.05, 0.1) is 3.57 Å². The van der Waals surface area contributed by atoms with Crippen molar-refractivity contribution in [3.8, 4) is 11.5 Å². The third-order valence-electron chi connectivity index (χ3n) is 3.27. The fourth-order valence-corrected chi connectivity index (χ4v) is 2.53. The average Bonchev–Trinajstić information content (AvgIpc) is 2.50. The molecule has 1 aliphatic heterocycles. The summed E-state index contributed by atoms with van der Waals surface area (Å²) in [7, 11) is 0. The van der Waals surface area contributed by atoms with Crippen LogP contribution in [0.1, 0.15) is 25.3 Å². The SMILES string of the molecule is CC(C)c1cc(O)c(I)cc1OC1=CNC(NN)NC1NN. The number of hydrogen-bond donors (Lipinski definition) is 7. The number of aromatic hydroxyl groups is 1. The van der Waals surface area contributed by atoms with Crippen molar-refractivity contribution < 1.29 is 9.84 Å². The molecule has 1 heterocycles. The van der Waals surface area contributed by atoms with Crippen molar-refractivity contribution in [2.45, 2.75) is 32.2 Å². The van der Waals surface area contributed by atoms with Crippen LogP contribution in [0, 0.1) is 3.57 Å². The molecule has 0 amide bonds. The Morgan fingerprint density at radius 2 is 2.05 bits per heavy atom. The van der Waals surface area contributed by atoms with Gasteiger partial charge in [0, 0.05) is 11.8 Å². The van der Waals surface area contributed by atoms with Gasteiger partial charge in [-0.3, -0.25) is 17.0 Å². The molecule has 9 heteroatoms. The van der Waals surface area contributed by atoms with E-state index in [9.17, 15) is 5.11 Å². The van der Waals surface area contributed by atoms with Gasteiger partial charge in [-0.05, 0) is 40.6 Å². The van der Waals surface area contributed by atoms with Crippen molar-refractivity contribution in [1.29, 1.82) is 0 Å². The van der Waals surface area contributed by atoms with Gasteiger partial charge in [-0.2, -0.15) is 0 Å². The summed E-state index contributed by atoms with van der Waals surface area (Å²) in [5.41, 5.74) is 6.08. The molecule has 2 unspecified atom stereocenters. The second kappa shape index (κ2) is 7.44. The quantitative estimate of drug-likeness (QED) is 0.203. The third kappa shape index (κ3) is 3.80. The average molecular weight is 420 g/mol. The zero-order valence-corrected chi connectivity index (χ0v) is 14.5. The lowest BCUT2D eigenvalue weighted by Gasteiger charge is -2.31. The second-order valence-electron chi connectivity index (χ2n) is 5.18. The van der Waals surface area contributed by atoms with E-state index in [1.54, 1.807) is 18.3 Å². The van der Waals surface area contributed by atoms with Gasteiger partial charge in [0.25, 0.3) is 0 Å². The van der Waals surface area contributed by atoms with Crippen LogP contribution >= 0.6 is 22.6 Å². The highest BCUT2D eigenvalue weighted by atomic mass is 127. The molecule has 0 aliphatic carbocycles. The molecule has 1 aromatic rings. The fourth-order valence-electron chi connectivity index (χ4n) is 2.09. The number of phenolic OH excluding ortho intramolecular Hbond substituents is 1. The predicted octanol–water partition coefficient (Wildman–Crippen LogP) is 0.0695. The van der Waals surface area contributed by atoms with Gasteiger partial charge in [0.15, 0.2) is 5.76 Å². The minimum absolute atomic E-state index is 0.200. The minimum atomic E-state index is -0.409. The van der Waals surface area contributed by atoms with Crippen LogP contribution in [-0.4, -0.2) is 17.6 Å². The number of phenols is 1. The molecule has 0 spiro atoms. The van der Waals surface area contributed by atoms with Crippen LogP contribution in [0.3, 0.4) is 0 Å². The maximum Gasteiger partial charge on any atom is 0.153 e. The van der Waals surface area contributed by atoms with E-state index in [-0.39, 0.29) is 18.0 Å². The normalized spacial score (nSPS) is 21.5. The maximum atomic E-state index is 9.89. The summed E-state index contributed by atoms with van der Waals surface area (Å²) in [6.07, 6.45) is 0.960. The zero-order chi connectivity index (χ0) is 16.3. The van der Waals surface area contributed by atoms with Gasteiger partial charge in [-0.25, -0.2) is 10.9 Å². The van der Waals surface area contributed by atoms with Gasteiger partial charge in [-0.15, -0.1) is 0 Å². The van der Waals surface area contributed by atoms with Crippen molar-refractivity contribution in [3.05, 3.63) is 33.2 Å². The number of nitrogens with two attached hydrogens (primary N) is 2. The smallest absolute Gasteiger partial charge is 0.153 e. The maximum absolute atomic E-state index is 9.89. The monoisotopic (exact) mass is 420 g/mol. The Bertz CT molecular complexity index is 566. The third-order valence-corrected chi connectivity index (χ3v) is 4.14. The topological polar surface area (TPSA) is 130 Å². The van der Waals surface area contributed by atoms with E-state index in [2.05, 4.69) is 44.1 Å². The van der Waals surface area contributed by atoms with Crippen LogP contribution < -0.4 is 37.9 Å². The first-order valence-electron chi connectivity index (χ1n) is 6.81. The van der Waals surface area contributed by atoms with E-state index in [0.717, 1.165) is 5.56 Å². The Labute approximate surface area is 142 Å². The molecule has 8 nitrogen and oxygen atoms in total. The van der Waals surface area contributed by atoms with E-state index in [4.69, 9.17) is 16.4 Å². The first-order chi connectivity index (χ1) is 10.5. The fraction of sp³-hybridized carbons (Fsp3) is 0.385. The molecule has 0 aromatic heterocycles. The standard InChI is InChI=1S/C13H21IN6O2/c1-6(2)7-3-9(21)8(14)4-10(7)22-11-5-17-13(20-16)18-12(11)19-15/h3-6,12-13,17-21H,15-16H2,1-2H3. The molecule has 0 radical (unpaired) electrons. The number of hydrazine groups is 2. The molecule has 0 saturated heterocycles. The van der Waals surface area contributed by atoms with Crippen LogP contribution in [0.5, 0.6) is 11.5 Å². The molecule has 22 heavy (non-hydrogen) atoms. The van der Waals surface area contributed by atoms with Gasteiger partial charge in [-0.1, -0.05) is 13.8 Å². The lowest BCUT2D eigenvalue weighted by molar-refractivity contribution is 0.246. The molecular weight excluding hydrogens is 399 g/mol. The molecule has 9 N–H and O–H groups in total. The van der Waals surface area contributed by atoms with Crippen LogP contribution in [0.4, 0.5) is 0 Å². The number of ether oxygens (including phenoxy) is 1. The summed E-state index contributed by atoms with van der Waals surface area (Å²) in [6, 6.07) is 3.52. The van der Waals surface area contributed by atoms with E-state index in [1.807, 2.05) is 13.8 Å². The van der Waals surface area contributed by atoms with Gasteiger partial charge < -0.3 is 15.2 Å². The summed E-state index contributed by atoms with van der Waals surface area (Å²) < 4.78 is 6.70. The van der Waals surface area contributed by atoms with Gasteiger partial charge >= 0.3 is 0 Å². The van der Waals surface area contributed by atoms with Crippen molar-refractivity contribution in [1.82, 2.24) is 21.5 Å². The van der Waals surface area contributed by atoms with Crippen LogP contribution in [0.25, 0.3) is 0 Å². The number of halogens is 1. The number of nitrogens with one attached hydrogen (secondary N) is 4. The van der Waals surface area contributed by atoms with Crippen LogP contribution in [0.15, 0.2) is 24.1 Å². The van der Waals surface area contributed by atoms with Gasteiger partial charge in [0.1, 0.15) is 24.0 Å². The lowest BCUT2D eigenvalue weighted by atomic mass is 10.0. The van der Waals surface area contributed by atoms with Crippen LogP contribution in [0.2, 0.25) is 0 Å². The largest absolute Gasteiger partial charge is 0.507 e. The summed E-state index contributed by atoms with van der Waals surface area (Å²) >= 11 is 2.06. The lowest BCUT2D eigenvalue weighted by Crippen LogP contribution is -2.64. The second-order valence-corrected chi connectivity index (χ2v) is 6.34. The van der Waals surface area contributed by atoms with Crippen molar-refractivity contribution in [2.24, 2.45) is 11.7 Å². The van der Waals surface area contributed by atoms with E-state index in [1.165, 1.54) is 0 Å². The molecule has 1 aliphatic rings. The summed E-state index contributed by atoms with van der Waals surface area (Å²) in [5.74, 6) is 12.6. The number of benzene rings is 1. The Morgan fingerprint density at radius 1 is 1.32 bits per heavy atom. The molecule has 1 aromatic carbocycles. The summed E-state index contributed by atoms with van der Waals surface area (Å²) in [5, 5.41) is 16.0. The highest BCUT2D eigenvalue weighted by Gasteiger charge is 2.24. The predicted molar refractivity (Wildman–Crippen MR) is 92.1 cm³/mol. The summed E-state index contributed by atoms with van der Waals surface area (Å²) in [6.45, 7) is 4.07. The first kappa shape index (κ1) is 17.2. The Kier molecular flexibility index (Phi) is 5.83. The minimum Gasteiger partial charge on any atom is -0.507 e. The zero-order valence-electron chi connectivity index (χ0n) is 12.4. The molecule has 122 valence electrons. The van der Waals surface area contributed by atoms with Crippen molar-refractivity contribution in [3.63, 3.8) is 0 Å². The molecule has 2 atom stereocenters. The van der Waals surface area contributed by atoms with Crippen molar-refractivity contribution in [2.75, 3.05) is 0 Å². The van der Waals surface area contributed by atoms with E-state index >= 15 is 0 Å². The van der Waals surface area contributed by atoms with E-state index < -0.39 is 6.17 Å². The molecule has 0 saturated carbocycles. The Hall–Kier alpha value is -1.11. The van der Waals surface area contributed by atoms with Crippen molar-refractivity contribution >= 4 is 22.6 Å². The molecular formula is C13H21IN6O2. The highest BCUT2D eigenvalue weighted by Crippen LogP contribution is 2.35. The number of rotatable bonds is 5. The Morgan fingerprint density at radius 3 is 2.64 bits per heavy atom. The number of hydrogen-bond acceptors (Lipinski definition) is 8. The molecule has 0 fully saturated rings. The van der Waals surface area contributed by atoms with Crippen LogP contribution in [-0.2, 0) is 0 Å². The summed E-state index contributed by atoms with van der Waals surface area (Å²) in [4.78, 5) is 0.